The van der Waals surface area contributed by atoms with Gasteiger partial charge in [-0.05, 0) is 11.6 Å². The molecular weight excluding hydrogens is 278 g/mol. The van der Waals surface area contributed by atoms with Gasteiger partial charge in [-0.2, -0.15) is 0 Å². The third-order valence-electron chi connectivity index (χ3n) is 3.81. The second-order valence-electron chi connectivity index (χ2n) is 5.70. The first kappa shape index (κ1) is 14.5. The van der Waals surface area contributed by atoms with Gasteiger partial charge in [0.1, 0.15) is 13.2 Å². The molecule has 4 heteroatoms. The topological polar surface area (TPSA) is 47.8 Å². The molecule has 0 aliphatic heterocycles. The van der Waals surface area contributed by atoms with E-state index in [1.165, 1.54) is 4.90 Å². The van der Waals surface area contributed by atoms with E-state index in [1.54, 1.807) is 24.3 Å². The molecule has 1 N–H and O–H groups in total. The van der Waals surface area contributed by atoms with Crippen molar-refractivity contribution in [2.45, 2.75) is 0 Å². The Labute approximate surface area is 129 Å². The number of fused-ring (bicyclic) bond motifs is 3. The van der Waals surface area contributed by atoms with E-state index < -0.39 is 0 Å². The van der Waals surface area contributed by atoms with Gasteiger partial charge in [0, 0.05) is 16.7 Å². The molecule has 2 aromatic rings. The number of carbonyl (C=O) groups is 2. The zero-order valence-electron chi connectivity index (χ0n) is 12.7. The number of hydrogen-bond acceptors (Lipinski definition) is 3. The minimum atomic E-state index is -0.373. The molecule has 0 atom stereocenters. The van der Waals surface area contributed by atoms with Gasteiger partial charge in [0.05, 0.1) is 19.7 Å². The molecule has 0 bridgehead atoms. The van der Waals surface area contributed by atoms with Crippen molar-refractivity contribution < 1.29 is 19.2 Å². The SMILES string of the molecule is C[NH+](C)CCOC(=O)c1cccc2c1-c1ccccc1C2=O. The molecule has 0 aromatic heterocycles. The second-order valence-corrected chi connectivity index (χ2v) is 5.70. The van der Waals surface area contributed by atoms with Gasteiger partial charge in [-0.15, -0.1) is 0 Å². The van der Waals surface area contributed by atoms with Crippen molar-refractivity contribution in [3.8, 4) is 11.1 Å². The summed E-state index contributed by atoms with van der Waals surface area (Å²) in [7, 11) is 4.01. The first-order valence-corrected chi connectivity index (χ1v) is 7.33. The van der Waals surface area contributed by atoms with Crippen molar-refractivity contribution in [1.29, 1.82) is 0 Å². The quantitative estimate of drug-likeness (QED) is 0.736. The number of ether oxygens (including phenoxy) is 1. The zero-order valence-corrected chi connectivity index (χ0v) is 12.7. The van der Waals surface area contributed by atoms with Crippen molar-refractivity contribution in [2.24, 2.45) is 0 Å². The van der Waals surface area contributed by atoms with E-state index in [-0.39, 0.29) is 11.8 Å². The molecule has 0 heterocycles. The van der Waals surface area contributed by atoms with E-state index in [0.29, 0.717) is 28.9 Å². The number of hydrogen-bond donors (Lipinski definition) is 1. The number of benzene rings is 2. The maximum absolute atomic E-state index is 12.4. The first-order valence-electron chi connectivity index (χ1n) is 7.33. The van der Waals surface area contributed by atoms with Crippen molar-refractivity contribution in [1.82, 2.24) is 0 Å². The molecule has 0 fully saturated rings. The molecule has 4 nitrogen and oxygen atoms in total. The van der Waals surface area contributed by atoms with Crippen LogP contribution in [0.5, 0.6) is 0 Å². The van der Waals surface area contributed by atoms with Crippen LogP contribution >= 0.6 is 0 Å². The average Bonchev–Trinajstić information content (AvgIpc) is 2.81. The lowest BCUT2D eigenvalue weighted by atomic mass is 9.99. The van der Waals surface area contributed by atoms with Gasteiger partial charge in [0.15, 0.2) is 5.78 Å². The predicted octanol–water partition coefficient (Wildman–Crippen LogP) is 1.20. The van der Waals surface area contributed by atoms with E-state index in [1.807, 2.05) is 32.3 Å². The molecule has 3 rings (SSSR count). The second kappa shape index (κ2) is 5.73. The monoisotopic (exact) mass is 296 g/mol. The Hall–Kier alpha value is -2.46. The molecule has 0 saturated carbocycles. The van der Waals surface area contributed by atoms with Crippen LogP contribution in [0.2, 0.25) is 0 Å². The van der Waals surface area contributed by atoms with E-state index in [9.17, 15) is 9.59 Å². The van der Waals surface area contributed by atoms with E-state index in [2.05, 4.69) is 0 Å². The van der Waals surface area contributed by atoms with Gasteiger partial charge in [0.2, 0.25) is 0 Å². The average molecular weight is 296 g/mol. The Kier molecular flexibility index (Phi) is 3.77. The Morgan fingerprint density at radius 1 is 1.00 bits per heavy atom. The van der Waals surface area contributed by atoms with Crippen LogP contribution in [0, 0.1) is 0 Å². The standard InChI is InChI=1S/C18H17NO3/c1-19(2)10-11-22-18(21)15-9-5-8-14-16(15)12-6-3-4-7-13(12)17(14)20/h3-9H,10-11H2,1-2H3/p+1. The number of carbonyl (C=O) groups excluding carboxylic acids is 2. The number of rotatable bonds is 4. The van der Waals surface area contributed by atoms with Crippen LogP contribution in [0.1, 0.15) is 26.3 Å². The van der Waals surface area contributed by atoms with E-state index >= 15 is 0 Å². The first-order chi connectivity index (χ1) is 10.6. The van der Waals surface area contributed by atoms with Crippen LogP contribution in [-0.4, -0.2) is 39.0 Å². The molecular formula is C18H18NO3+. The largest absolute Gasteiger partial charge is 0.456 e. The summed E-state index contributed by atoms with van der Waals surface area (Å²) in [6.07, 6.45) is 0. The minimum Gasteiger partial charge on any atom is -0.456 e. The summed E-state index contributed by atoms with van der Waals surface area (Å²) < 4.78 is 5.34. The number of esters is 1. The van der Waals surface area contributed by atoms with Gasteiger partial charge in [0.25, 0.3) is 0 Å². The number of likely N-dealkylation sites (N-methyl/N-ethyl adjacent to an activating group) is 1. The van der Waals surface area contributed by atoms with E-state index in [0.717, 1.165) is 12.1 Å². The van der Waals surface area contributed by atoms with Crippen LogP contribution in [0.15, 0.2) is 42.5 Å². The van der Waals surface area contributed by atoms with Crippen molar-refractivity contribution in [2.75, 3.05) is 27.2 Å². The fourth-order valence-corrected chi connectivity index (χ4v) is 2.67. The summed E-state index contributed by atoms with van der Waals surface area (Å²) in [4.78, 5) is 26.0. The van der Waals surface area contributed by atoms with Crippen molar-refractivity contribution in [3.05, 3.63) is 59.2 Å². The van der Waals surface area contributed by atoms with Crippen LogP contribution in [-0.2, 0) is 4.74 Å². The summed E-state index contributed by atoms with van der Waals surface area (Å²) in [6, 6.07) is 12.6. The molecule has 1 aliphatic carbocycles. The summed E-state index contributed by atoms with van der Waals surface area (Å²) in [5.41, 5.74) is 3.20. The number of nitrogens with one attached hydrogen (secondary N) is 1. The third-order valence-corrected chi connectivity index (χ3v) is 3.81. The van der Waals surface area contributed by atoms with Crippen LogP contribution in [0.25, 0.3) is 11.1 Å². The van der Waals surface area contributed by atoms with Crippen molar-refractivity contribution in [3.63, 3.8) is 0 Å². The van der Waals surface area contributed by atoms with E-state index in [4.69, 9.17) is 4.74 Å². The van der Waals surface area contributed by atoms with Crippen LogP contribution in [0.4, 0.5) is 0 Å². The zero-order chi connectivity index (χ0) is 15.7. The number of quaternary nitrogens is 1. The summed E-state index contributed by atoms with van der Waals surface area (Å²) in [5, 5.41) is 0. The molecule has 0 amide bonds. The molecule has 112 valence electrons. The summed E-state index contributed by atoms with van der Waals surface area (Å²) in [5.74, 6) is -0.402. The highest BCUT2D eigenvalue weighted by Gasteiger charge is 2.30. The smallest absolute Gasteiger partial charge is 0.338 e. The Morgan fingerprint density at radius 2 is 1.68 bits per heavy atom. The highest BCUT2D eigenvalue weighted by Crippen LogP contribution is 2.38. The molecule has 0 unspecified atom stereocenters. The maximum atomic E-state index is 12.4. The highest BCUT2D eigenvalue weighted by molar-refractivity contribution is 6.24. The van der Waals surface area contributed by atoms with Crippen molar-refractivity contribution >= 4 is 11.8 Å². The maximum Gasteiger partial charge on any atom is 0.338 e. The fraction of sp³-hybridized carbons (Fsp3) is 0.222. The lowest BCUT2D eigenvalue weighted by molar-refractivity contribution is -0.858. The minimum absolute atomic E-state index is 0.0296. The van der Waals surface area contributed by atoms with Gasteiger partial charge in [-0.1, -0.05) is 36.4 Å². The normalized spacial score (nSPS) is 12.2. The Morgan fingerprint density at radius 3 is 2.41 bits per heavy atom. The van der Waals surface area contributed by atoms with Gasteiger partial charge in [-0.25, -0.2) is 4.79 Å². The molecule has 22 heavy (non-hydrogen) atoms. The summed E-state index contributed by atoms with van der Waals surface area (Å²) in [6.45, 7) is 1.11. The van der Waals surface area contributed by atoms with Crippen LogP contribution < -0.4 is 4.90 Å². The Balaban J connectivity index is 1.97. The van der Waals surface area contributed by atoms with Gasteiger partial charge < -0.3 is 9.64 Å². The third kappa shape index (κ3) is 2.42. The molecule has 1 aliphatic rings. The highest BCUT2D eigenvalue weighted by atomic mass is 16.5. The Bertz CT molecular complexity index is 750. The lowest BCUT2D eigenvalue weighted by Crippen LogP contribution is -3.06. The number of ketones is 1. The molecule has 0 spiro atoms. The molecule has 2 aromatic carbocycles. The fourth-order valence-electron chi connectivity index (χ4n) is 2.67. The molecule has 0 radical (unpaired) electrons. The van der Waals surface area contributed by atoms with Gasteiger partial charge >= 0.3 is 5.97 Å². The summed E-state index contributed by atoms with van der Waals surface area (Å²) >= 11 is 0. The van der Waals surface area contributed by atoms with Crippen LogP contribution in [0.3, 0.4) is 0 Å². The molecule has 0 saturated heterocycles. The predicted molar refractivity (Wildman–Crippen MR) is 83.3 cm³/mol. The van der Waals surface area contributed by atoms with Gasteiger partial charge in [-0.3, -0.25) is 4.79 Å². The lowest BCUT2D eigenvalue weighted by Gasteiger charge is -2.10.